The molecule has 1 aliphatic heterocycles. The summed E-state index contributed by atoms with van der Waals surface area (Å²) in [6, 6.07) is 7.95. The summed E-state index contributed by atoms with van der Waals surface area (Å²) in [5.41, 5.74) is 4.55. The molecule has 1 saturated carbocycles. The average Bonchev–Trinajstić information content (AvgIpc) is 3.73. The first-order chi connectivity index (χ1) is 22.4. The Hall–Kier alpha value is -4.52. The molecule has 250 valence electrons. The van der Waals surface area contributed by atoms with Gasteiger partial charge in [0, 0.05) is 36.9 Å². The van der Waals surface area contributed by atoms with Crippen LogP contribution in [0, 0.1) is 11.8 Å². The van der Waals surface area contributed by atoms with Crippen LogP contribution in [0.5, 0.6) is 0 Å². The molecule has 0 unspecified atom stereocenters. The second-order valence-electron chi connectivity index (χ2n) is 13.3. The molecule has 1 aromatic carbocycles. The van der Waals surface area contributed by atoms with E-state index in [9.17, 15) is 29.1 Å². The molecule has 2 aromatic heterocycles. The number of carbonyl (C=O) groups excluding carboxylic acids is 5. The number of pyridine rings is 1. The largest absolute Gasteiger partial charge is 0.384 e. The van der Waals surface area contributed by atoms with Crippen molar-refractivity contribution in [1.29, 1.82) is 0 Å². The van der Waals surface area contributed by atoms with Crippen molar-refractivity contribution in [2.45, 2.75) is 89.3 Å². The van der Waals surface area contributed by atoms with Gasteiger partial charge in [0.2, 0.25) is 17.6 Å². The fraction of sp³-hybridized carbons (Fsp3) is 0.529. The van der Waals surface area contributed by atoms with Crippen LogP contribution in [0.1, 0.15) is 93.9 Å². The van der Waals surface area contributed by atoms with Crippen LogP contribution >= 0.6 is 0 Å². The summed E-state index contributed by atoms with van der Waals surface area (Å²) in [5, 5.41) is 23.2. The van der Waals surface area contributed by atoms with Crippen LogP contribution in [0.2, 0.25) is 0 Å². The Morgan fingerprint density at radius 1 is 1.06 bits per heavy atom. The lowest BCUT2D eigenvalue weighted by atomic mass is 9.80. The lowest BCUT2D eigenvalue weighted by Gasteiger charge is -2.31. The summed E-state index contributed by atoms with van der Waals surface area (Å²) < 4.78 is 1.53. The van der Waals surface area contributed by atoms with E-state index in [2.05, 4.69) is 20.6 Å². The van der Waals surface area contributed by atoms with Crippen LogP contribution in [0.15, 0.2) is 42.7 Å². The summed E-state index contributed by atoms with van der Waals surface area (Å²) in [6.07, 6.45) is 9.58. The zero-order chi connectivity index (χ0) is 33.7. The number of ketones is 2. The minimum atomic E-state index is -1.28. The van der Waals surface area contributed by atoms with Crippen molar-refractivity contribution in [1.82, 2.24) is 30.2 Å². The Bertz CT molecular complexity index is 1640. The predicted octanol–water partition coefficient (Wildman–Crippen LogP) is 2.62. The average molecular weight is 646 g/mol. The topological polar surface area (TPSA) is 190 Å². The number of aliphatic hydroxyl groups is 1. The number of rotatable bonds is 13. The number of Topliss-reactive ketones (excluding diaryl/α,β-unsaturated/α-hetero) is 2. The van der Waals surface area contributed by atoms with Gasteiger partial charge in [-0.05, 0) is 44.1 Å². The molecule has 3 aromatic rings. The van der Waals surface area contributed by atoms with Gasteiger partial charge in [-0.1, -0.05) is 61.6 Å². The second-order valence-corrected chi connectivity index (χ2v) is 13.3. The molecule has 3 heterocycles. The van der Waals surface area contributed by atoms with Crippen molar-refractivity contribution >= 4 is 40.1 Å². The molecule has 5 rings (SSSR count). The van der Waals surface area contributed by atoms with E-state index in [0.717, 1.165) is 42.9 Å². The van der Waals surface area contributed by atoms with Crippen LogP contribution < -0.4 is 11.1 Å². The highest BCUT2D eigenvalue weighted by Gasteiger charge is 2.44. The number of hydrogen-bond acceptors (Lipinski definition) is 9. The monoisotopic (exact) mass is 645 g/mol. The van der Waals surface area contributed by atoms with Gasteiger partial charge in [0.25, 0.3) is 5.91 Å². The van der Waals surface area contributed by atoms with Crippen molar-refractivity contribution in [3.8, 4) is 0 Å². The number of fused-ring (bicyclic) bond motifs is 1. The van der Waals surface area contributed by atoms with Gasteiger partial charge in [-0.3, -0.25) is 29.0 Å². The highest BCUT2D eigenvalue weighted by molar-refractivity contribution is 6.36. The SMILES string of the molecule is CC(C)(O)c1cnnn1[C@H]1C[C@@H](C(=O)NCC(=O)C(N)=O)N(C(=O)[C@H](CCC(=O)c2cc3ccccc3cn2)CC2CCCCC2)C1. The predicted molar refractivity (Wildman–Crippen MR) is 172 cm³/mol. The number of aromatic nitrogens is 4. The molecule has 3 atom stereocenters. The fourth-order valence-corrected chi connectivity index (χ4v) is 6.88. The van der Waals surface area contributed by atoms with Gasteiger partial charge in [-0.25, -0.2) is 4.68 Å². The number of amides is 3. The molecule has 2 aliphatic rings. The molecule has 13 heteroatoms. The van der Waals surface area contributed by atoms with Crippen LogP contribution in [-0.2, 0) is 24.8 Å². The van der Waals surface area contributed by atoms with E-state index in [4.69, 9.17) is 5.73 Å². The van der Waals surface area contributed by atoms with Gasteiger partial charge >= 0.3 is 0 Å². The first-order valence-corrected chi connectivity index (χ1v) is 16.3. The molecule has 0 radical (unpaired) electrons. The quantitative estimate of drug-likeness (QED) is 0.185. The zero-order valence-electron chi connectivity index (χ0n) is 26.9. The van der Waals surface area contributed by atoms with E-state index in [1.165, 1.54) is 15.8 Å². The van der Waals surface area contributed by atoms with E-state index >= 15 is 0 Å². The third-order valence-corrected chi connectivity index (χ3v) is 9.44. The number of benzene rings is 1. The van der Waals surface area contributed by atoms with Crippen LogP contribution in [-0.4, -0.2) is 78.4 Å². The van der Waals surface area contributed by atoms with E-state index in [0.29, 0.717) is 23.7 Å². The lowest BCUT2D eigenvalue weighted by Crippen LogP contribution is -2.49. The van der Waals surface area contributed by atoms with Gasteiger partial charge in [0.1, 0.15) is 17.3 Å². The van der Waals surface area contributed by atoms with Crippen LogP contribution in [0.4, 0.5) is 0 Å². The van der Waals surface area contributed by atoms with E-state index in [-0.39, 0.29) is 37.5 Å². The molecule has 47 heavy (non-hydrogen) atoms. The van der Waals surface area contributed by atoms with E-state index in [1.54, 1.807) is 26.1 Å². The Morgan fingerprint density at radius 3 is 2.49 bits per heavy atom. The van der Waals surface area contributed by atoms with Crippen molar-refractivity contribution in [3.05, 3.63) is 54.1 Å². The minimum absolute atomic E-state index is 0.106. The maximum Gasteiger partial charge on any atom is 0.286 e. The van der Waals surface area contributed by atoms with Gasteiger partial charge in [0.15, 0.2) is 5.78 Å². The second kappa shape index (κ2) is 14.5. The molecule has 1 aliphatic carbocycles. The molecule has 0 spiro atoms. The maximum atomic E-state index is 14.5. The number of primary amides is 1. The number of hydrogen-bond donors (Lipinski definition) is 3. The molecular formula is C34H43N7O6. The van der Waals surface area contributed by atoms with Crippen molar-refractivity contribution in [3.63, 3.8) is 0 Å². The highest BCUT2D eigenvalue weighted by Crippen LogP contribution is 2.36. The smallest absolute Gasteiger partial charge is 0.286 e. The molecule has 13 nitrogen and oxygen atoms in total. The Labute approximate surface area is 273 Å². The van der Waals surface area contributed by atoms with Gasteiger partial charge in [-0.15, -0.1) is 5.10 Å². The summed E-state index contributed by atoms with van der Waals surface area (Å²) in [5.74, 6) is -3.36. The number of nitrogens with one attached hydrogen (secondary N) is 1. The molecule has 0 bridgehead atoms. The Kier molecular flexibility index (Phi) is 10.4. The van der Waals surface area contributed by atoms with Gasteiger partial charge in [-0.2, -0.15) is 0 Å². The first-order valence-electron chi connectivity index (χ1n) is 16.3. The van der Waals surface area contributed by atoms with Crippen molar-refractivity contribution in [2.24, 2.45) is 17.6 Å². The first kappa shape index (κ1) is 33.8. The third kappa shape index (κ3) is 8.07. The Morgan fingerprint density at radius 2 is 1.79 bits per heavy atom. The van der Waals surface area contributed by atoms with Crippen LogP contribution in [0.3, 0.4) is 0 Å². The summed E-state index contributed by atoms with van der Waals surface area (Å²) in [4.78, 5) is 70.4. The van der Waals surface area contributed by atoms with E-state index in [1.807, 2.05) is 24.3 Å². The van der Waals surface area contributed by atoms with Crippen molar-refractivity contribution < 1.29 is 29.1 Å². The Balaban J connectivity index is 1.39. The van der Waals surface area contributed by atoms with Crippen LogP contribution in [0.25, 0.3) is 10.8 Å². The van der Waals surface area contributed by atoms with Crippen molar-refractivity contribution in [2.75, 3.05) is 13.1 Å². The summed E-state index contributed by atoms with van der Waals surface area (Å²) in [7, 11) is 0. The highest BCUT2D eigenvalue weighted by atomic mass is 16.3. The van der Waals surface area contributed by atoms with Gasteiger partial charge in [0.05, 0.1) is 24.5 Å². The molecule has 3 amide bonds. The lowest BCUT2D eigenvalue weighted by molar-refractivity contribution is -0.143. The summed E-state index contributed by atoms with van der Waals surface area (Å²) >= 11 is 0. The van der Waals surface area contributed by atoms with E-state index < -0.39 is 47.7 Å². The maximum absolute atomic E-state index is 14.5. The number of likely N-dealkylation sites (tertiary alicyclic amines) is 1. The minimum Gasteiger partial charge on any atom is -0.384 e. The third-order valence-electron chi connectivity index (χ3n) is 9.44. The van der Waals surface area contributed by atoms with Gasteiger partial charge < -0.3 is 21.1 Å². The number of nitrogens with zero attached hydrogens (tertiary/aromatic N) is 5. The number of nitrogens with two attached hydrogens (primary N) is 1. The number of carbonyl (C=O) groups is 5. The normalized spacial score (nSPS) is 19.4. The zero-order valence-corrected chi connectivity index (χ0v) is 26.9. The standard InChI is InChI=1S/C34H43N7O6/c1-34(2,47)30-19-38-39-41(30)25-16-27(32(45)37-18-29(43)31(35)44)40(20-25)33(46)23(14-21-8-4-3-5-9-21)12-13-28(42)26-15-22-10-6-7-11-24(22)17-36-26/h6-7,10-11,15,17,19,21,23,25,27,47H,3-5,8-9,12-14,16,18,20H2,1-2H3,(H2,35,44)(H,37,45)/t23-,25+,27+/m1/s1. The summed E-state index contributed by atoms with van der Waals surface area (Å²) in [6.45, 7) is 2.71. The molecular weight excluding hydrogens is 602 g/mol. The molecule has 2 fully saturated rings. The fourth-order valence-electron chi connectivity index (χ4n) is 6.88. The molecule has 4 N–H and O–H groups in total. The molecule has 1 saturated heterocycles.